The number of halogens is 2. The molecule has 3 aliphatic rings. The van der Waals surface area contributed by atoms with Gasteiger partial charge in [0.25, 0.3) is 11.8 Å². The molecule has 12 heteroatoms. The Labute approximate surface area is 241 Å². The molecule has 224 valence electrons. The fraction of sp³-hybridized carbons (Fsp3) is 0.500. The number of fused-ring (bicyclic) bond motifs is 5. The molecule has 3 aliphatic heterocycles. The lowest BCUT2D eigenvalue weighted by Crippen LogP contribution is -2.52. The molecule has 0 unspecified atom stereocenters. The zero-order valence-electron chi connectivity index (χ0n) is 24.0. The first-order valence-corrected chi connectivity index (χ1v) is 14.1. The Morgan fingerprint density at radius 1 is 1.26 bits per heavy atom. The zero-order chi connectivity index (χ0) is 30.3. The summed E-state index contributed by atoms with van der Waals surface area (Å²) in [5.41, 5.74) is -1.52. The van der Waals surface area contributed by atoms with Crippen molar-refractivity contribution in [1.82, 2.24) is 14.8 Å². The summed E-state index contributed by atoms with van der Waals surface area (Å²) in [5.74, 6) is -4.02. The molecule has 42 heavy (non-hydrogen) atoms. The number of nitrogens with zero attached hydrogens (tertiary/aromatic N) is 3. The van der Waals surface area contributed by atoms with Gasteiger partial charge in [0.15, 0.2) is 11.3 Å². The maximum absolute atomic E-state index is 14.2. The van der Waals surface area contributed by atoms with E-state index in [1.54, 1.807) is 4.90 Å². The number of benzene rings is 1. The number of oxime groups is 1. The van der Waals surface area contributed by atoms with Crippen LogP contribution in [0.1, 0.15) is 92.3 Å². The van der Waals surface area contributed by atoms with Gasteiger partial charge in [-0.05, 0) is 45.1 Å². The van der Waals surface area contributed by atoms with E-state index < -0.39 is 57.8 Å². The van der Waals surface area contributed by atoms with E-state index in [-0.39, 0.29) is 42.7 Å². The van der Waals surface area contributed by atoms with Crippen LogP contribution < -0.4 is 15.5 Å². The monoisotopic (exact) mass is 584 g/mol. The third-order valence-electron chi connectivity index (χ3n) is 8.26. The van der Waals surface area contributed by atoms with Gasteiger partial charge in [-0.25, -0.2) is 8.78 Å². The number of carbonyl (C=O) groups is 3. The lowest BCUT2D eigenvalue weighted by Gasteiger charge is -2.42. The first-order valence-electron chi connectivity index (χ1n) is 14.1. The van der Waals surface area contributed by atoms with E-state index in [1.807, 2.05) is 27.7 Å². The minimum atomic E-state index is -0.939. The number of carbonyl (C=O) groups excluding carboxylic acids is 3. The number of pyridine rings is 1. The Morgan fingerprint density at radius 2 is 2.02 bits per heavy atom. The van der Waals surface area contributed by atoms with Crippen LogP contribution in [0.4, 0.5) is 8.78 Å². The molecule has 1 fully saturated rings. The SMILES string of the molecule is CC1=NO[C@@]2(CC[C@H](C)N3C[C@H]2n2cc(C(=O)NCc4ccc(F)cc4F)c(=O)c(OC(=O)CCC(C)C)c2C3=O)C1. The smallest absolute Gasteiger partial charge is 0.311 e. The molecule has 0 saturated carbocycles. The molecule has 1 saturated heterocycles. The number of esters is 1. The Bertz CT molecular complexity index is 1540. The first-order chi connectivity index (χ1) is 19.9. The van der Waals surface area contributed by atoms with Crippen LogP contribution in [0.25, 0.3) is 0 Å². The summed E-state index contributed by atoms with van der Waals surface area (Å²) in [6.45, 7) is 7.54. The molecule has 1 aromatic heterocycles. The first kappa shape index (κ1) is 29.4. The van der Waals surface area contributed by atoms with Crippen LogP contribution in [0.15, 0.2) is 34.3 Å². The Balaban J connectivity index is 1.60. The van der Waals surface area contributed by atoms with E-state index in [0.29, 0.717) is 31.7 Å². The van der Waals surface area contributed by atoms with Gasteiger partial charge in [0, 0.05) is 49.8 Å². The average molecular weight is 585 g/mol. The Kier molecular flexibility index (Phi) is 7.91. The van der Waals surface area contributed by atoms with Crippen molar-refractivity contribution in [1.29, 1.82) is 0 Å². The van der Waals surface area contributed by atoms with Crippen molar-refractivity contribution >= 4 is 23.5 Å². The van der Waals surface area contributed by atoms with Gasteiger partial charge < -0.3 is 24.4 Å². The fourth-order valence-corrected chi connectivity index (χ4v) is 5.87. The van der Waals surface area contributed by atoms with Crippen LogP contribution in [-0.4, -0.2) is 51.2 Å². The van der Waals surface area contributed by atoms with E-state index in [2.05, 4.69) is 10.5 Å². The highest BCUT2D eigenvalue weighted by molar-refractivity contribution is 6.00. The molecule has 2 aromatic rings. The number of aromatic nitrogens is 1. The lowest BCUT2D eigenvalue weighted by molar-refractivity contribution is -0.134. The predicted molar refractivity (Wildman–Crippen MR) is 148 cm³/mol. The molecule has 10 nitrogen and oxygen atoms in total. The van der Waals surface area contributed by atoms with Crippen molar-refractivity contribution < 1.29 is 32.7 Å². The lowest BCUT2D eigenvalue weighted by atomic mass is 9.84. The van der Waals surface area contributed by atoms with Crippen LogP contribution in [0, 0.1) is 17.6 Å². The molecule has 1 spiro atoms. The highest BCUT2D eigenvalue weighted by Gasteiger charge is 2.54. The second-order valence-corrected chi connectivity index (χ2v) is 11.8. The summed E-state index contributed by atoms with van der Waals surface area (Å²) in [7, 11) is 0. The minimum Gasteiger partial charge on any atom is -0.420 e. The van der Waals surface area contributed by atoms with Crippen molar-refractivity contribution in [3.8, 4) is 5.75 Å². The highest BCUT2D eigenvalue weighted by atomic mass is 19.1. The number of hydrogen-bond acceptors (Lipinski definition) is 7. The van der Waals surface area contributed by atoms with Gasteiger partial charge in [-0.1, -0.05) is 25.1 Å². The van der Waals surface area contributed by atoms with Crippen LogP contribution in [-0.2, 0) is 16.2 Å². The molecule has 0 radical (unpaired) electrons. The van der Waals surface area contributed by atoms with Crippen LogP contribution in [0.5, 0.6) is 5.75 Å². The molecule has 1 N–H and O–H groups in total. The summed E-state index contributed by atoms with van der Waals surface area (Å²) < 4.78 is 34.7. The van der Waals surface area contributed by atoms with Crippen molar-refractivity contribution in [2.75, 3.05) is 6.54 Å². The maximum atomic E-state index is 14.2. The zero-order valence-corrected chi connectivity index (χ0v) is 24.0. The predicted octanol–water partition coefficient (Wildman–Crippen LogP) is 4.11. The number of hydrogen-bond donors (Lipinski definition) is 1. The van der Waals surface area contributed by atoms with Crippen molar-refractivity contribution in [3.63, 3.8) is 0 Å². The van der Waals surface area contributed by atoms with E-state index in [4.69, 9.17) is 9.57 Å². The van der Waals surface area contributed by atoms with E-state index in [9.17, 15) is 28.0 Å². The van der Waals surface area contributed by atoms with Crippen molar-refractivity contribution in [2.24, 2.45) is 11.1 Å². The molecule has 2 bridgehead atoms. The third-order valence-corrected chi connectivity index (χ3v) is 8.26. The summed E-state index contributed by atoms with van der Waals surface area (Å²) in [6, 6.07) is 2.20. The van der Waals surface area contributed by atoms with Gasteiger partial charge in [-0.15, -0.1) is 0 Å². The van der Waals surface area contributed by atoms with Crippen molar-refractivity contribution in [3.05, 3.63) is 63.1 Å². The molecular weight excluding hydrogens is 550 g/mol. The second-order valence-electron chi connectivity index (χ2n) is 11.8. The van der Waals surface area contributed by atoms with E-state index in [0.717, 1.165) is 11.8 Å². The van der Waals surface area contributed by atoms with Gasteiger partial charge >= 0.3 is 5.97 Å². The molecular formula is C30H34F2N4O6. The molecule has 0 aliphatic carbocycles. The number of rotatable bonds is 7. The molecule has 4 heterocycles. The summed E-state index contributed by atoms with van der Waals surface area (Å²) in [4.78, 5) is 61.6. The van der Waals surface area contributed by atoms with Gasteiger partial charge in [0.2, 0.25) is 11.2 Å². The maximum Gasteiger partial charge on any atom is 0.311 e. The topological polar surface area (TPSA) is 119 Å². The molecule has 2 amide bonds. The number of amides is 2. The van der Waals surface area contributed by atoms with Crippen LogP contribution in [0.2, 0.25) is 0 Å². The Hall–Kier alpha value is -4.09. The standard InChI is InChI=1S/C30H34F2N4O6/c1-16(2)5-8-24(37)41-27-25-29(40)35-15-23(30(10-9-18(35)4)12-17(3)34-42-30)36(25)14-21(26(27)38)28(39)33-13-19-6-7-20(31)11-22(19)32/h6-7,11,14,16,18,23H,5,8-10,12-13,15H2,1-4H3,(H,33,39)/t18-,23+,30-/m0/s1. The van der Waals surface area contributed by atoms with Gasteiger partial charge in [0.1, 0.15) is 17.2 Å². The summed E-state index contributed by atoms with van der Waals surface area (Å²) in [5, 5.41) is 6.69. The Morgan fingerprint density at radius 3 is 2.69 bits per heavy atom. The number of nitrogens with one attached hydrogen (secondary N) is 1. The number of ether oxygens (including phenoxy) is 1. The highest BCUT2D eigenvalue weighted by Crippen LogP contribution is 2.46. The van der Waals surface area contributed by atoms with Crippen LogP contribution >= 0.6 is 0 Å². The summed E-state index contributed by atoms with van der Waals surface area (Å²) >= 11 is 0. The second kappa shape index (κ2) is 11.3. The van der Waals surface area contributed by atoms with Gasteiger partial charge in [-0.3, -0.25) is 19.2 Å². The summed E-state index contributed by atoms with van der Waals surface area (Å²) in [6.07, 6.45) is 3.45. The van der Waals surface area contributed by atoms with Crippen molar-refractivity contribution in [2.45, 2.75) is 84.0 Å². The van der Waals surface area contributed by atoms with Gasteiger partial charge in [-0.2, -0.15) is 0 Å². The molecule has 3 atom stereocenters. The fourth-order valence-electron chi connectivity index (χ4n) is 5.87. The van der Waals surface area contributed by atoms with Crippen LogP contribution in [0.3, 0.4) is 0 Å². The average Bonchev–Trinajstić information content (AvgIpc) is 3.26. The molecule has 1 aromatic carbocycles. The normalized spacial score (nSPS) is 22.9. The quantitative estimate of drug-likeness (QED) is 0.490. The third kappa shape index (κ3) is 5.41. The largest absolute Gasteiger partial charge is 0.420 e. The van der Waals surface area contributed by atoms with E-state index in [1.165, 1.54) is 16.8 Å². The minimum absolute atomic E-state index is 0.00857. The van der Waals surface area contributed by atoms with Gasteiger partial charge in [0.05, 0.1) is 11.8 Å². The van der Waals surface area contributed by atoms with E-state index >= 15 is 0 Å². The molecule has 5 rings (SSSR count).